The molecule has 3 fully saturated rings. The summed E-state index contributed by atoms with van der Waals surface area (Å²) in [5.41, 5.74) is 0.387. The summed E-state index contributed by atoms with van der Waals surface area (Å²) in [5.74, 6) is -1.75. The number of hydrogen-bond acceptors (Lipinski definition) is 8. The number of ether oxygens (including phenoxy) is 1. The first kappa shape index (κ1) is 31.7. The maximum absolute atomic E-state index is 16.9. The molecule has 0 saturated carbocycles. The Labute approximate surface area is 275 Å². The largest absolute Gasteiger partial charge is 0.508 e. The molecule has 7 rings (SSSR count). The molecule has 0 spiro atoms. The van der Waals surface area contributed by atoms with Crippen LogP contribution in [0.15, 0.2) is 49.2 Å². The van der Waals surface area contributed by atoms with Crippen LogP contribution in [0.2, 0.25) is 0 Å². The number of anilines is 1. The number of terminal acetylenes is 1. The second kappa shape index (κ2) is 12.3. The molecule has 3 saturated heterocycles. The second-order valence-electron chi connectivity index (χ2n) is 12.9. The van der Waals surface area contributed by atoms with Gasteiger partial charge in [0.05, 0.1) is 17.0 Å². The molecule has 0 bridgehead atoms. The fourth-order valence-corrected chi connectivity index (χ4v) is 7.63. The minimum Gasteiger partial charge on any atom is -0.508 e. The lowest BCUT2D eigenvalue weighted by Gasteiger charge is -2.31. The SMILES string of the molecule is C#Cc1cccc2cc(O)cc(-c3ncc4c(N5CCC(F)(F)C[C@H](NC(=O)C=C)C5)nc(OCC56CCCN5CCC6)nc4c3F)c12. The average Bonchev–Trinajstić information content (AvgIpc) is 3.61. The number of carbonyl (C=O) groups is 1. The lowest BCUT2D eigenvalue weighted by molar-refractivity contribution is -0.117. The van der Waals surface area contributed by atoms with Crippen molar-refractivity contribution in [1.29, 1.82) is 0 Å². The van der Waals surface area contributed by atoms with Crippen LogP contribution >= 0.6 is 0 Å². The van der Waals surface area contributed by atoms with E-state index in [1.165, 1.54) is 18.3 Å². The van der Waals surface area contributed by atoms with Crippen molar-refractivity contribution >= 4 is 33.4 Å². The predicted octanol–water partition coefficient (Wildman–Crippen LogP) is 5.58. The van der Waals surface area contributed by atoms with Crippen LogP contribution in [0.25, 0.3) is 32.9 Å². The highest BCUT2D eigenvalue weighted by Gasteiger charge is 2.45. The number of fused-ring (bicyclic) bond motifs is 3. The highest BCUT2D eigenvalue weighted by molar-refractivity contribution is 6.02. The van der Waals surface area contributed by atoms with Gasteiger partial charge < -0.3 is 20.1 Å². The van der Waals surface area contributed by atoms with Gasteiger partial charge in [0, 0.05) is 48.6 Å². The van der Waals surface area contributed by atoms with Crippen molar-refractivity contribution in [3.8, 4) is 35.4 Å². The number of rotatable bonds is 7. The Morgan fingerprint density at radius 3 is 2.73 bits per heavy atom. The highest BCUT2D eigenvalue weighted by Crippen LogP contribution is 2.41. The molecule has 12 heteroatoms. The first-order valence-electron chi connectivity index (χ1n) is 16.1. The first-order valence-corrected chi connectivity index (χ1v) is 16.1. The van der Waals surface area contributed by atoms with Crippen molar-refractivity contribution in [3.05, 3.63) is 60.6 Å². The predicted molar refractivity (Wildman–Crippen MR) is 177 cm³/mol. The summed E-state index contributed by atoms with van der Waals surface area (Å²) < 4.78 is 53.0. The smallest absolute Gasteiger partial charge is 0.319 e. The summed E-state index contributed by atoms with van der Waals surface area (Å²) in [5, 5.41) is 14.5. The third-order valence-electron chi connectivity index (χ3n) is 9.86. The number of nitrogens with zero attached hydrogens (tertiary/aromatic N) is 5. The maximum atomic E-state index is 16.9. The quantitative estimate of drug-likeness (QED) is 0.196. The van der Waals surface area contributed by atoms with Gasteiger partial charge in [0.25, 0.3) is 5.92 Å². The van der Waals surface area contributed by atoms with Gasteiger partial charge in [-0.15, -0.1) is 6.42 Å². The standard InChI is InChI=1S/C36H35F3N6O3/c1-3-22-8-5-9-23-16-25(46)17-26(29(22)23)31-30(37)32-27(19-40-31)33(44-15-12-36(38,39)18-24(20-44)41-28(47)4-2)43-34(42-32)48-21-35-10-6-13-45(35)14-7-11-35/h1,4-5,8-9,16-17,19,24,46H,2,6-7,10-15,18,20-21H2,(H,41,47)/t24-/m0/s1. The third kappa shape index (κ3) is 5.76. The zero-order valence-corrected chi connectivity index (χ0v) is 26.3. The van der Waals surface area contributed by atoms with Gasteiger partial charge in [-0.2, -0.15) is 9.97 Å². The number of pyridine rings is 1. The van der Waals surface area contributed by atoms with Crippen LogP contribution < -0.4 is 15.0 Å². The molecule has 0 aliphatic carbocycles. The molecule has 248 valence electrons. The Bertz CT molecular complexity index is 1970. The molecule has 1 atom stereocenters. The zero-order valence-electron chi connectivity index (χ0n) is 26.3. The molecule has 0 unspecified atom stereocenters. The van der Waals surface area contributed by atoms with Gasteiger partial charge >= 0.3 is 6.01 Å². The number of aromatic hydroxyl groups is 1. The minimum atomic E-state index is -3.06. The Hall–Kier alpha value is -4.89. The van der Waals surface area contributed by atoms with Gasteiger partial charge in [-0.1, -0.05) is 24.6 Å². The van der Waals surface area contributed by atoms with E-state index in [1.807, 2.05) is 0 Å². The number of nitrogens with one attached hydrogen (secondary N) is 1. The molecular formula is C36H35F3N6O3. The topological polar surface area (TPSA) is 104 Å². The summed E-state index contributed by atoms with van der Waals surface area (Å²) >= 11 is 0. The molecular weight excluding hydrogens is 621 g/mol. The molecule has 48 heavy (non-hydrogen) atoms. The van der Waals surface area contributed by atoms with E-state index in [-0.39, 0.29) is 58.4 Å². The number of halogens is 3. The van der Waals surface area contributed by atoms with Gasteiger partial charge in [-0.3, -0.25) is 14.7 Å². The van der Waals surface area contributed by atoms with Crippen LogP contribution in [-0.4, -0.2) is 81.2 Å². The van der Waals surface area contributed by atoms with Crippen LogP contribution in [-0.2, 0) is 4.79 Å². The van der Waals surface area contributed by atoms with Crippen LogP contribution in [0.4, 0.5) is 19.0 Å². The van der Waals surface area contributed by atoms with Crippen molar-refractivity contribution in [2.45, 2.75) is 56.0 Å². The number of amides is 1. The van der Waals surface area contributed by atoms with E-state index in [2.05, 4.69) is 37.7 Å². The molecule has 9 nitrogen and oxygen atoms in total. The number of aromatic nitrogens is 3. The summed E-state index contributed by atoms with van der Waals surface area (Å²) in [6, 6.07) is 7.14. The van der Waals surface area contributed by atoms with Gasteiger partial charge in [-0.25, -0.2) is 13.2 Å². The van der Waals surface area contributed by atoms with Crippen molar-refractivity contribution in [1.82, 2.24) is 25.2 Å². The van der Waals surface area contributed by atoms with Crippen molar-refractivity contribution in [2.24, 2.45) is 0 Å². The third-order valence-corrected chi connectivity index (χ3v) is 9.86. The average molecular weight is 657 g/mol. The minimum absolute atomic E-state index is 0.0233. The fourth-order valence-electron chi connectivity index (χ4n) is 7.63. The van der Waals surface area contributed by atoms with E-state index < -0.39 is 36.5 Å². The second-order valence-corrected chi connectivity index (χ2v) is 12.9. The first-order chi connectivity index (χ1) is 23.1. The maximum Gasteiger partial charge on any atom is 0.319 e. The molecule has 2 aromatic heterocycles. The number of phenolic OH excluding ortho intramolecular Hbond substituents is 1. The molecule has 3 aliphatic rings. The number of phenols is 1. The number of hydrogen-bond donors (Lipinski definition) is 2. The molecule has 0 radical (unpaired) electrons. The van der Waals surface area contributed by atoms with Gasteiger partial charge in [-0.05, 0) is 68.4 Å². The van der Waals surface area contributed by atoms with Gasteiger partial charge in [0.15, 0.2) is 5.82 Å². The van der Waals surface area contributed by atoms with E-state index in [4.69, 9.17) is 11.2 Å². The van der Waals surface area contributed by atoms with Crippen LogP contribution in [0, 0.1) is 18.2 Å². The number of alkyl halides is 2. The number of carbonyl (C=O) groups excluding carboxylic acids is 1. The molecule has 2 aromatic carbocycles. The van der Waals surface area contributed by atoms with Gasteiger partial charge in [0.2, 0.25) is 5.91 Å². The molecule has 3 aliphatic heterocycles. The van der Waals surface area contributed by atoms with Crippen molar-refractivity contribution < 1.29 is 27.8 Å². The summed E-state index contributed by atoms with van der Waals surface area (Å²) in [6.45, 7) is 5.56. The highest BCUT2D eigenvalue weighted by atomic mass is 19.3. The Kier molecular flexibility index (Phi) is 8.11. The van der Waals surface area contributed by atoms with Gasteiger partial charge in [0.1, 0.15) is 29.4 Å². The van der Waals surface area contributed by atoms with Crippen molar-refractivity contribution in [2.75, 3.05) is 37.7 Å². The molecule has 5 heterocycles. The van der Waals surface area contributed by atoms with Crippen LogP contribution in [0.3, 0.4) is 0 Å². The Balaban J connectivity index is 1.37. The summed E-state index contributed by atoms with van der Waals surface area (Å²) in [7, 11) is 0. The summed E-state index contributed by atoms with van der Waals surface area (Å²) in [4.78, 5) is 29.9. The van der Waals surface area contributed by atoms with E-state index in [0.717, 1.165) is 44.8 Å². The van der Waals surface area contributed by atoms with Crippen molar-refractivity contribution in [3.63, 3.8) is 0 Å². The zero-order chi connectivity index (χ0) is 33.6. The van der Waals surface area contributed by atoms with E-state index in [1.54, 1.807) is 23.1 Å². The lowest BCUT2D eigenvalue weighted by atomic mass is 9.95. The van der Waals surface area contributed by atoms with Crippen LogP contribution in [0.5, 0.6) is 11.8 Å². The van der Waals surface area contributed by atoms with E-state index in [9.17, 15) is 18.7 Å². The molecule has 2 N–H and O–H groups in total. The summed E-state index contributed by atoms with van der Waals surface area (Å²) in [6.07, 6.45) is 11.2. The van der Waals surface area contributed by atoms with Crippen LogP contribution in [0.1, 0.15) is 44.1 Å². The Morgan fingerprint density at radius 1 is 1.19 bits per heavy atom. The van der Waals surface area contributed by atoms with E-state index in [0.29, 0.717) is 22.9 Å². The molecule has 1 amide bonds. The monoisotopic (exact) mass is 656 g/mol. The fraction of sp³-hybridized carbons (Fsp3) is 0.389. The Morgan fingerprint density at radius 2 is 1.98 bits per heavy atom. The van der Waals surface area contributed by atoms with E-state index >= 15 is 4.39 Å². The normalized spacial score (nSPS) is 20.3. The molecule has 4 aromatic rings. The number of benzene rings is 2. The lowest BCUT2D eigenvalue weighted by Crippen LogP contribution is -2.44.